The van der Waals surface area contributed by atoms with E-state index in [0.29, 0.717) is 11.8 Å². The van der Waals surface area contributed by atoms with Gasteiger partial charge in [0.05, 0.1) is 4.47 Å². The van der Waals surface area contributed by atoms with Crippen LogP contribution in [0.1, 0.15) is 18.0 Å². The Morgan fingerprint density at radius 3 is 3.12 bits per heavy atom. The van der Waals surface area contributed by atoms with Crippen LogP contribution in [0.2, 0.25) is 0 Å². The lowest BCUT2D eigenvalue weighted by atomic mass is 9.84. The van der Waals surface area contributed by atoms with Crippen molar-refractivity contribution in [3.05, 3.63) is 30.2 Å². The normalized spacial score (nSPS) is 27.6. The van der Waals surface area contributed by atoms with Crippen molar-refractivity contribution in [2.24, 2.45) is 5.92 Å². The molecule has 2 aliphatic heterocycles. The number of fused-ring (bicyclic) bond motifs is 4. The van der Waals surface area contributed by atoms with Gasteiger partial charge in [-0.25, -0.2) is 0 Å². The van der Waals surface area contributed by atoms with Crippen molar-refractivity contribution in [3.63, 3.8) is 0 Å². The minimum absolute atomic E-state index is 0.152. The van der Waals surface area contributed by atoms with Crippen LogP contribution in [0.3, 0.4) is 0 Å². The maximum absolute atomic E-state index is 12.0. The minimum Gasteiger partial charge on any atom is -0.316 e. The fourth-order valence-corrected chi connectivity index (χ4v) is 4.03. The molecule has 1 aromatic rings. The first kappa shape index (κ1) is 11.2. The summed E-state index contributed by atoms with van der Waals surface area (Å²) in [5, 5.41) is 3.46. The first-order chi connectivity index (χ1) is 7.66. The van der Waals surface area contributed by atoms with Gasteiger partial charge in [-0.15, -0.1) is 0 Å². The van der Waals surface area contributed by atoms with Crippen molar-refractivity contribution in [2.45, 2.75) is 18.9 Å². The molecule has 0 saturated carbocycles. The molecule has 0 amide bonds. The van der Waals surface area contributed by atoms with Gasteiger partial charge in [-0.2, -0.15) is 0 Å². The number of hydrogen-bond acceptors (Lipinski definition) is 2. The van der Waals surface area contributed by atoms with Gasteiger partial charge in [-0.05, 0) is 57.4 Å². The third kappa shape index (κ3) is 1.67. The summed E-state index contributed by atoms with van der Waals surface area (Å²) in [5.74, 6) is 1.11. The van der Waals surface area contributed by atoms with Gasteiger partial charge in [-0.3, -0.25) is 4.79 Å². The number of nitrogens with zero attached hydrogens (tertiary/aromatic N) is 1. The fraction of sp³-hybridized carbons (Fsp3) is 0.545. The highest BCUT2D eigenvalue weighted by Gasteiger charge is 2.32. The molecule has 2 bridgehead atoms. The molecule has 3 heterocycles. The van der Waals surface area contributed by atoms with E-state index in [9.17, 15) is 4.79 Å². The Bertz CT molecular complexity index is 499. The Morgan fingerprint density at radius 2 is 2.31 bits per heavy atom. The predicted molar refractivity (Wildman–Crippen MR) is 74.8 cm³/mol. The van der Waals surface area contributed by atoms with Crippen molar-refractivity contribution in [2.75, 3.05) is 13.1 Å². The van der Waals surface area contributed by atoms with E-state index in [0.717, 1.165) is 27.7 Å². The average molecular weight is 395 g/mol. The van der Waals surface area contributed by atoms with Crippen LogP contribution < -0.4 is 10.9 Å². The number of hydrogen-bond donors (Lipinski definition) is 1. The average Bonchev–Trinajstić information content (AvgIpc) is 2.26. The van der Waals surface area contributed by atoms with Crippen molar-refractivity contribution >= 4 is 38.5 Å². The van der Waals surface area contributed by atoms with Crippen LogP contribution in [0.4, 0.5) is 0 Å². The summed E-state index contributed by atoms with van der Waals surface area (Å²) in [6.45, 7) is 2.91. The van der Waals surface area contributed by atoms with Crippen LogP contribution >= 0.6 is 38.5 Å². The van der Waals surface area contributed by atoms with Crippen LogP contribution in [0.25, 0.3) is 0 Å². The van der Waals surface area contributed by atoms with E-state index in [1.54, 1.807) is 6.07 Å². The molecular weight excluding hydrogens is 383 g/mol. The van der Waals surface area contributed by atoms with Crippen LogP contribution in [-0.4, -0.2) is 17.7 Å². The van der Waals surface area contributed by atoms with E-state index < -0.39 is 0 Å². The summed E-state index contributed by atoms with van der Waals surface area (Å²) in [6.07, 6.45) is 1.21. The Morgan fingerprint density at radius 1 is 1.50 bits per heavy atom. The molecule has 1 fully saturated rings. The quantitative estimate of drug-likeness (QED) is 0.682. The highest BCUT2D eigenvalue weighted by Crippen LogP contribution is 2.37. The van der Waals surface area contributed by atoms with E-state index in [4.69, 9.17) is 0 Å². The molecule has 0 spiro atoms. The first-order valence-electron chi connectivity index (χ1n) is 5.46. The molecule has 3 nitrogen and oxygen atoms in total. The highest BCUT2D eigenvalue weighted by atomic mass is 127. The highest BCUT2D eigenvalue weighted by molar-refractivity contribution is 14.1. The third-order valence-corrected chi connectivity index (χ3v) is 5.94. The van der Waals surface area contributed by atoms with Crippen LogP contribution in [0, 0.1) is 9.49 Å². The lowest BCUT2D eigenvalue weighted by Crippen LogP contribution is -2.45. The molecule has 1 saturated heterocycles. The molecule has 5 heteroatoms. The molecular formula is C11H12BrIN2O. The smallest absolute Gasteiger partial charge is 0.251 e. The molecule has 0 radical (unpaired) electrons. The number of halogens is 2. The third-order valence-electron chi connectivity index (χ3n) is 3.51. The lowest BCUT2D eigenvalue weighted by Gasteiger charge is -2.38. The summed E-state index contributed by atoms with van der Waals surface area (Å²) in [7, 11) is 0. The molecule has 0 unspecified atom stereocenters. The predicted octanol–water partition coefficient (Wildman–Crippen LogP) is 1.92. The Labute approximate surface area is 116 Å². The van der Waals surface area contributed by atoms with Gasteiger partial charge >= 0.3 is 0 Å². The SMILES string of the molecule is O=c1cc(I)c(Br)c2n1C[C@@H]1CNC[C@H]2C1. The molecule has 86 valence electrons. The second-order valence-electron chi connectivity index (χ2n) is 4.60. The number of piperidine rings is 1. The van der Waals surface area contributed by atoms with Crippen LogP contribution in [0.15, 0.2) is 15.3 Å². The topological polar surface area (TPSA) is 34.0 Å². The molecule has 16 heavy (non-hydrogen) atoms. The maximum atomic E-state index is 12.0. The van der Waals surface area contributed by atoms with Gasteiger partial charge in [0.25, 0.3) is 5.56 Å². The lowest BCUT2D eigenvalue weighted by molar-refractivity contribution is 0.256. The van der Waals surface area contributed by atoms with Crippen LogP contribution in [0.5, 0.6) is 0 Å². The molecule has 2 aliphatic rings. The maximum Gasteiger partial charge on any atom is 0.251 e. The zero-order valence-corrected chi connectivity index (χ0v) is 12.4. The largest absolute Gasteiger partial charge is 0.316 e. The van der Waals surface area contributed by atoms with Gasteiger partial charge in [0.15, 0.2) is 0 Å². The number of pyridine rings is 1. The number of rotatable bonds is 0. The number of aromatic nitrogens is 1. The summed E-state index contributed by atoms with van der Waals surface area (Å²) in [4.78, 5) is 12.0. The minimum atomic E-state index is 0.152. The summed E-state index contributed by atoms with van der Waals surface area (Å²) < 4.78 is 4.10. The summed E-state index contributed by atoms with van der Waals surface area (Å²) in [6, 6.07) is 1.72. The molecule has 3 rings (SSSR count). The number of nitrogens with one attached hydrogen (secondary N) is 1. The molecule has 0 aliphatic carbocycles. The first-order valence-corrected chi connectivity index (χ1v) is 7.33. The van der Waals surface area contributed by atoms with Crippen LogP contribution in [-0.2, 0) is 6.54 Å². The molecule has 0 aromatic carbocycles. The van der Waals surface area contributed by atoms with Crippen molar-refractivity contribution in [1.82, 2.24) is 9.88 Å². The van der Waals surface area contributed by atoms with E-state index >= 15 is 0 Å². The molecule has 2 atom stereocenters. The second kappa shape index (κ2) is 4.10. The summed E-state index contributed by atoms with van der Waals surface area (Å²) in [5.41, 5.74) is 1.35. The molecule has 1 N–H and O–H groups in total. The fourth-order valence-electron chi connectivity index (χ4n) is 2.83. The second-order valence-corrected chi connectivity index (χ2v) is 6.55. The van der Waals surface area contributed by atoms with E-state index in [2.05, 4.69) is 43.8 Å². The monoisotopic (exact) mass is 394 g/mol. The van der Waals surface area contributed by atoms with E-state index in [1.165, 1.54) is 12.1 Å². The zero-order chi connectivity index (χ0) is 11.3. The van der Waals surface area contributed by atoms with Gasteiger partial charge in [0.2, 0.25) is 0 Å². The summed E-state index contributed by atoms with van der Waals surface area (Å²) >= 11 is 5.86. The van der Waals surface area contributed by atoms with Crippen molar-refractivity contribution in [1.29, 1.82) is 0 Å². The Kier molecular flexibility index (Phi) is 2.88. The van der Waals surface area contributed by atoms with Crippen molar-refractivity contribution < 1.29 is 0 Å². The standard InChI is InChI=1S/C11H12BrIN2O/c12-10-8(13)2-9(16)15-5-6-1-7(11(10)15)4-14-3-6/h2,6-7,14H,1,3-5H2/t6-,7+/m0/s1. The van der Waals surface area contributed by atoms with Gasteiger partial charge < -0.3 is 9.88 Å². The Hall–Kier alpha value is 0.120. The zero-order valence-electron chi connectivity index (χ0n) is 8.67. The van der Waals surface area contributed by atoms with E-state index in [-0.39, 0.29) is 5.56 Å². The van der Waals surface area contributed by atoms with Gasteiger partial charge in [0, 0.05) is 34.3 Å². The Balaban J connectivity index is 2.23. The van der Waals surface area contributed by atoms with E-state index in [1.807, 2.05) is 4.57 Å². The van der Waals surface area contributed by atoms with Crippen molar-refractivity contribution in [3.8, 4) is 0 Å². The van der Waals surface area contributed by atoms with Gasteiger partial charge in [0.1, 0.15) is 0 Å². The molecule has 1 aromatic heterocycles. The van der Waals surface area contributed by atoms with Gasteiger partial charge in [-0.1, -0.05) is 0 Å².